The van der Waals surface area contributed by atoms with Crippen molar-refractivity contribution in [1.82, 2.24) is 0 Å². The third-order valence-electron chi connectivity index (χ3n) is 4.97. The second-order valence-corrected chi connectivity index (χ2v) is 9.39. The molecule has 1 atom stereocenters. The molecule has 1 aromatic carbocycles. The van der Waals surface area contributed by atoms with Crippen LogP contribution in [0.15, 0.2) is 30.1 Å². The van der Waals surface area contributed by atoms with Gasteiger partial charge in [0, 0.05) is 39.8 Å². The first-order valence-corrected chi connectivity index (χ1v) is 11.8. The molecule has 3 nitrogen and oxygen atoms in total. The maximum Gasteiger partial charge on any atom is 0 e. The molecule has 3 saturated carbocycles. The van der Waals surface area contributed by atoms with Crippen molar-refractivity contribution in [3.63, 3.8) is 0 Å². The fraction of sp³-hybridized carbons (Fsp3) is 0.250. The van der Waals surface area contributed by atoms with E-state index in [0.717, 1.165) is 5.66 Å². The number of benzene rings is 1. The first-order chi connectivity index (χ1) is 15.8. The molecule has 180 valence electrons. The van der Waals surface area contributed by atoms with Gasteiger partial charge in [-0.25, -0.2) is 0 Å². The molecule has 0 amide bonds. The van der Waals surface area contributed by atoms with E-state index in [1.807, 2.05) is 32.1 Å². The molecule has 4 rings (SSSR count). The Morgan fingerprint density at radius 2 is 1.15 bits per heavy atom. The van der Waals surface area contributed by atoms with Crippen molar-refractivity contribution in [2.75, 3.05) is 0 Å². The van der Waals surface area contributed by atoms with Gasteiger partial charge in [-0.05, 0) is 88.8 Å². The fourth-order valence-corrected chi connectivity index (χ4v) is 6.09. The van der Waals surface area contributed by atoms with E-state index in [1.165, 1.54) is 43.2 Å². The Morgan fingerprint density at radius 3 is 1.59 bits per heavy atom. The summed E-state index contributed by atoms with van der Waals surface area (Å²) in [7, 11) is -0.149. The third kappa shape index (κ3) is 16.3. The normalized spacial score (nSPS) is 17.9. The first-order valence-electron chi connectivity index (χ1n) is 10.4. The summed E-state index contributed by atoms with van der Waals surface area (Å²) in [6.07, 6.45) is 28.4. The van der Waals surface area contributed by atoms with E-state index >= 15 is 0 Å². The van der Waals surface area contributed by atoms with E-state index in [2.05, 4.69) is 88.7 Å². The number of rotatable bonds is 4. The van der Waals surface area contributed by atoms with Crippen molar-refractivity contribution >= 4 is 14.0 Å². The molecule has 3 aliphatic rings. The summed E-state index contributed by atoms with van der Waals surface area (Å²) in [5, 5.41) is 0. The molecule has 34 heavy (non-hydrogen) atoms. The quantitative estimate of drug-likeness (QED) is 0.165. The van der Waals surface area contributed by atoms with Gasteiger partial charge >= 0.3 is 33.9 Å². The van der Waals surface area contributed by atoms with Gasteiger partial charge in [0.15, 0.2) is 0 Å². The Hall–Kier alpha value is -0.351. The molecule has 0 heterocycles. The van der Waals surface area contributed by atoms with Crippen molar-refractivity contribution in [3.05, 3.63) is 125 Å². The van der Waals surface area contributed by atoms with Crippen LogP contribution in [-0.2, 0) is 48.1 Å². The fourth-order valence-electron chi connectivity index (χ4n) is 3.48. The zero-order valence-corrected chi connectivity index (χ0v) is 22.3. The minimum atomic E-state index is -0.149. The molecule has 10 radical (unpaired) electrons. The molecular formula is C28H29Fe2O3P. The average molecular weight is 556 g/mol. The van der Waals surface area contributed by atoms with Crippen LogP contribution in [0.3, 0.4) is 0 Å². The molecule has 0 bridgehead atoms. The van der Waals surface area contributed by atoms with Gasteiger partial charge in [-0.2, -0.15) is 0 Å². The van der Waals surface area contributed by atoms with Crippen molar-refractivity contribution in [2.24, 2.45) is 0 Å². The number of hydrogen-bond donors (Lipinski definition) is 0. The van der Waals surface area contributed by atoms with Gasteiger partial charge in [-0.3, -0.25) is 0 Å². The van der Waals surface area contributed by atoms with E-state index in [9.17, 15) is 0 Å². The predicted molar refractivity (Wildman–Crippen MR) is 128 cm³/mol. The summed E-state index contributed by atoms with van der Waals surface area (Å²) in [6, 6.07) is 8.85. The van der Waals surface area contributed by atoms with Crippen LogP contribution in [0.4, 0.5) is 0 Å². The standard InChI is InChI=1S/C20H24P.C5H5.3CO.2Fe/c1-17-11-13-18(14-12-17)15-16-21(20-9-5-6-10-20)19-7-3-2-4-8-19;1-2-4-5-3-1;3*1-2;;/h5-6,9-16,19H,2-4,7-8H2,1H3;1-5H;;;;;/b16-15+;;;;;;. The molecule has 6 heteroatoms. The molecular weight excluding hydrogens is 527 g/mol. The minimum Gasteiger partial charge on any atom is -0.0312 e. The summed E-state index contributed by atoms with van der Waals surface area (Å²) in [5.74, 6) is 2.51. The second-order valence-electron chi connectivity index (χ2n) is 7.03. The van der Waals surface area contributed by atoms with Gasteiger partial charge in [-0.1, -0.05) is 68.9 Å². The SMILES string of the molecule is Cc1ccc(/C=C/P([C]2[CH][CH][CH][CH]2)C2CCCCC2)cc1.[C-]#[O+].[C-]#[O+].[C-]#[O+].[CH]1[CH][CH][CH][CH]1.[Fe].[Fe]. The molecule has 3 aliphatic carbocycles. The van der Waals surface area contributed by atoms with E-state index in [4.69, 9.17) is 14.0 Å². The Balaban J connectivity index is -0.000000631. The van der Waals surface area contributed by atoms with Gasteiger partial charge in [0.05, 0.1) is 0 Å². The topological polar surface area (TPSA) is 59.7 Å². The zero-order chi connectivity index (χ0) is 24.0. The Morgan fingerprint density at radius 1 is 0.706 bits per heavy atom. The van der Waals surface area contributed by atoms with Gasteiger partial charge in [-0.15, -0.1) is 0 Å². The maximum atomic E-state index is 7.50. The number of hydrogen-bond acceptors (Lipinski definition) is 0. The van der Waals surface area contributed by atoms with Crippen molar-refractivity contribution in [1.29, 1.82) is 0 Å². The molecule has 1 unspecified atom stereocenters. The van der Waals surface area contributed by atoms with Crippen molar-refractivity contribution < 1.29 is 48.1 Å². The molecule has 0 saturated heterocycles. The average Bonchev–Trinajstić information content (AvgIpc) is 3.63. The Labute approximate surface area is 230 Å². The molecule has 1 aromatic rings. The predicted octanol–water partition coefficient (Wildman–Crippen LogP) is 7.05. The van der Waals surface area contributed by atoms with Crippen molar-refractivity contribution in [2.45, 2.75) is 44.7 Å². The zero-order valence-electron chi connectivity index (χ0n) is 19.2. The van der Waals surface area contributed by atoms with E-state index in [0.29, 0.717) is 0 Å². The van der Waals surface area contributed by atoms with E-state index in [1.54, 1.807) is 5.66 Å². The van der Waals surface area contributed by atoms with E-state index < -0.39 is 0 Å². The third-order valence-corrected chi connectivity index (χ3v) is 7.64. The van der Waals surface area contributed by atoms with Crippen LogP contribution in [0.25, 0.3) is 6.08 Å². The van der Waals surface area contributed by atoms with Gasteiger partial charge in [0.2, 0.25) is 0 Å². The second kappa shape index (κ2) is 27.2. The summed E-state index contributed by atoms with van der Waals surface area (Å²) >= 11 is 0. The minimum absolute atomic E-state index is 0. The van der Waals surface area contributed by atoms with Crippen LogP contribution in [0, 0.1) is 90.3 Å². The maximum absolute atomic E-state index is 7.50. The molecule has 3 fully saturated rings. The largest absolute Gasteiger partial charge is 0.0312 e. The smallest absolute Gasteiger partial charge is 0 e. The van der Waals surface area contributed by atoms with Crippen LogP contribution in [0.2, 0.25) is 0 Å². The summed E-state index contributed by atoms with van der Waals surface area (Å²) in [4.78, 5) is 0. The Kier molecular flexibility index (Phi) is 30.6. The van der Waals surface area contributed by atoms with Crippen LogP contribution in [0.1, 0.15) is 43.2 Å². The van der Waals surface area contributed by atoms with Gasteiger partial charge in [0.25, 0.3) is 0 Å². The summed E-state index contributed by atoms with van der Waals surface area (Å²) < 4.78 is 22.5. The molecule has 0 N–H and O–H groups in total. The summed E-state index contributed by atoms with van der Waals surface area (Å²) in [5.41, 5.74) is 5.10. The monoisotopic (exact) mass is 556 g/mol. The number of aryl methyl sites for hydroxylation is 1. The van der Waals surface area contributed by atoms with Gasteiger partial charge in [0.1, 0.15) is 0 Å². The molecule has 0 spiro atoms. The van der Waals surface area contributed by atoms with Crippen LogP contribution in [-0.4, -0.2) is 5.66 Å². The van der Waals surface area contributed by atoms with E-state index in [-0.39, 0.29) is 42.1 Å². The van der Waals surface area contributed by atoms with Crippen molar-refractivity contribution in [3.8, 4) is 0 Å². The van der Waals surface area contributed by atoms with Crippen LogP contribution < -0.4 is 0 Å². The Bertz CT molecular complexity index is 633. The first kappa shape index (κ1) is 38.2. The van der Waals surface area contributed by atoms with Crippen LogP contribution in [0.5, 0.6) is 0 Å². The summed E-state index contributed by atoms with van der Waals surface area (Å²) in [6.45, 7) is 15.6. The van der Waals surface area contributed by atoms with Crippen LogP contribution >= 0.6 is 7.92 Å². The molecule has 0 aromatic heterocycles. The molecule has 0 aliphatic heterocycles. The van der Waals surface area contributed by atoms with Gasteiger partial charge < -0.3 is 0 Å².